The highest BCUT2D eigenvalue weighted by molar-refractivity contribution is 4.83. The minimum atomic E-state index is 0.474. The van der Waals surface area contributed by atoms with E-state index in [1.54, 1.807) is 0 Å². The van der Waals surface area contributed by atoms with Gasteiger partial charge in [-0.2, -0.15) is 0 Å². The van der Waals surface area contributed by atoms with E-state index in [4.69, 9.17) is 4.74 Å². The molecule has 0 bridgehead atoms. The van der Waals surface area contributed by atoms with E-state index >= 15 is 0 Å². The molecule has 0 aromatic rings. The maximum Gasteiger partial charge on any atom is 0.0724 e. The first-order valence-electron chi connectivity index (χ1n) is 5.64. The molecule has 2 nitrogen and oxygen atoms in total. The first-order chi connectivity index (χ1) is 6.38. The molecule has 78 valence electrons. The number of hydrogen-bond acceptors (Lipinski definition) is 2. The zero-order valence-corrected chi connectivity index (χ0v) is 9.01. The number of rotatable bonds is 6. The van der Waals surface area contributed by atoms with Gasteiger partial charge >= 0.3 is 0 Å². The highest BCUT2D eigenvalue weighted by Crippen LogP contribution is 2.21. The second kappa shape index (κ2) is 6.39. The molecular formula is C11H23NO. The van der Waals surface area contributed by atoms with Gasteiger partial charge in [0.1, 0.15) is 0 Å². The van der Waals surface area contributed by atoms with E-state index in [-0.39, 0.29) is 0 Å². The average Bonchev–Trinajstić information content (AvgIpc) is 2.60. The van der Waals surface area contributed by atoms with Gasteiger partial charge in [-0.05, 0) is 32.2 Å². The smallest absolute Gasteiger partial charge is 0.0724 e. The van der Waals surface area contributed by atoms with Crippen LogP contribution in [0.25, 0.3) is 0 Å². The van der Waals surface area contributed by atoms with E-state index in [0.717, 1.165) is 0 Å². The van der Waals surface area contributed by atoms with E-state index in [0.29, 0.717) is 12.1 Å². The number of hydrogen-bond donors (Lipinski definition) is 1. The zero-order chi connectivity index (χ0) is 9.52. The summed E-state index contributed by atoms with van der Waals surface area (Å²) in [5.74, 6) is 0. The molecule has 0 aromatic carbocycles. The van der Waals surface area contributed by atoms with Crippen LogP contribution in [0.3, 0.4) is 0 Å². The maximum absolute atomic E-state index is 5.42. The summed E-state index contributed by atoms with van der Waals surface area (Å²) in [7, 11) is 1.83. The van der Waals surface area contributed by atoms with Crippen LogP contribution in [-0.2, 0) is 4.74 Å². The predicted octanol–water partition coefficient (Wildman–Crippen LogP) is 2.33. The van der Waals surface area contributed by atoms with Crippen LogP contribution in [0.5, 0.6) is 0 Å². The van der Waals surface area contributed by atoms with Crippen LogP contribution in [0.1, 0.15) is 45.4 Å². The Morgan fingerprint density at radius 1 is 1.31 bits per heavy atom. The summed E-state index contributed by atoms with van der Waals surface area (Å²) in [6.45, 7) is 3.41. The van der Waals surface area contributed by atoms with E-state index < -0.39 is 0 Å². The molecule has 1 fully saturated rings. The van der Waals surface area contributed by atoms with Crippen LogP contribution in [0.2, 0.25) is 0 Å². The summed E-state index contributed by atoms with van der Waals surface area (Å²) in [5, 5.41) is 3.59. The van der Waals surface area contributed by atoms with E-state index in [9.17, 15) is 0 Å². The van der Waals surface area contributed by atoms with Crippen LogP contribution >= 0.6 is 0 Å². The molecule has 0 aromatic heterocycles. The molecule has 1 aliphatic carbocycles. The third kappa shape index (κ3) is 3.65. The van der Waals surface area contributed by atoms with E-state index in [2.05, 4.69) is 12.2 Å². The summed E-state index contributed by atoms with van der Waals surface area (Å²) in [5.41, 5.74) is 0. The van der Waals surface area contributed by atoms with Gasteiger partial charge in [-0.3, -0.25) is 0 Å². The van der Waals surface area contributed by atoms with Gasteiger partial charge in [-0.1, -0.05) is 19.8 Å². The fourth-order valence-electron chi connectivity index (χ4n) is 2.10. The lowest BCUT2D eigenvalue weighted by Crippen LogP contribution is -2.37. The molecule has 2 unspecified atom stereocenters. The van der Waals surface area contributed by atoms with Crippen LogP contribution in [0, 0.1) is 0 Å². The fourth-order valence-corrected chi connectivity index (χ4v) is 2.10. The normalized spacial score (nSPS) is 28.2. The molecule has 1 saturated carbocycles. The van der Waals surface area contributed by atoms with Crippen molar-refractivity contribution in [2.24, 2.45) is 0 Å². The maximum atomic E-state index is 5.42. The third-order valence-electron chi connectivity index (χ3n) is 2.94. The Labute approximate surface area is 82.0 Å². The largest absolute Gasteiger partial charge is 0.380 e. The summed E-state index contributed by atoms with van der Waals surface area (Å²) in [4.78, 5) is 0. The summed E-state index contributed by atoms with van der Waals surface area (Å²) < 4.78 is 5.42. The molecule has 1 rings (SSSR count). The Bertz CT molecular complexity index is 127. The Morgan fingerprint density at radius 2 is 2.15 bits per heavy atom. The average molecular weight is 185 g/mol. The monoisotopic (exact) mass is 185 g/mol. The van der Waals surface area contributed by atoms with Crippen molar-refractivity contribution in [2.75, 3.05) is 13.7 Å². The quantitative estimate of drug-likeness (QED) is 0.641. The van der Waals surface area contributed by atoms with Crippen LogP contribution < -0.4 is 5.32 Å². The third-order valence-corrected chi connectivity index (χ3v) is 2.94. The minimum Gasteiger partial charge on any atom is -0.380 e. The Hall–Kier alpha value is -0.0800. The van der Waals surface area contributed by atoms with Crippen molar-refractivity contribution < 1.29 is 4.74 Å². The van der Waals surface area contributed by atoms with Crippen molar-refractivity contribution >= 4 is 0 Å². The lowest BCUT2D eigenvalue weighted by atomic mass is 10.2. The molecule has 1 aliphatic rings. The Morgan fingerprint density at radius 3 is 2.85 bits per heavy atom. The first kappa shape index (κ1) is 11.0. The zero-order valence-electron chi connectivity index (χ0n) is 9.01. The molecular weight excluding hydrogens is 162 g/mol. The minimum absolute atomic E-state index is 0.474. The van der Waals surface area contributed by atoms with Crippen LogP contribution in [-0.4, -0.2) is 25.8 Å². The highest BCUT2D eigenvalue weighted by atomic mass is 16.5. The molecule has 0 amide bonds. The van der Waals surface area contributed by atoms with Crippen molar-refractivity contribution in [3.63, 3.8) is 0 Å². The summed E-state index contributed by atoms with van der Waals surface area (Å²) in [6, 6.07) is 0.627. The number of nitrogens with one attached hydrogen (secondary N) is 1. The van der Waals surface area contributed by atoms with Crippen LogP contribution in [0.4, 0.5) is 0 Å². The number of methoxy groups -OCH3 is 1. The van der Waals surface area contributed by atoms with Gasteiger partial charge in [0.05, 0.1) is 6.10 Å². The van der Waals surface area contributed by atoms with E-state index in [1.807, 2.05) is 7.11 Å². The van der Waals surface area contributed by atoms with Crippen molar-refractivity contribution in [3.8, 4) is 0 Å². The Balaban J connectivity index is 2.06. The van der Waals surface area contributed by atoms with E-state index in [1.165, 1.54) is 45.1 Å². The van der Waals surface area contributed by atoms with Crippen molar-refractivity contribution in [3.05, 3.63) is 0 Å². The van der Waals surface area contributed by atoms with Gasteiger partial charge in [-0.15, -0.1) is 0 Å². The van der Waals surface area contributed by atoms with Gasteiger partial charge in [0, 0.05) is 13.2 Å². The Kier molecular flexibility index (Phi) is 5.40. The van der Waals surface area contributed by atoms with Gasteiger partial charge in [-0.25, -0.2) is 0 Å². The molecule has 0 radical (unpaired) electrons. The molecule has 0 saturated heterocycles. The number of ether oxygens (including phenoxy) is 1. The molecule has 0 aliphatic heterocycles. The second-order valence-corrected chi connectivity index (χ2v) is 3.97. The first-order valence-corrected chi connectivity index (χ1v) is 5.64. The van der Waals surface area contributed by atoms with Gasteiger partial charge in [0.2, 0.25) is 0 Å². The van der Waals surface area contributed by atoms with Gasteiger partial charge in [0.25, 0.3) is 0 Å². The molecule has 1 N–H and O–H groups in total. The predicted molar refractivity (Wildman–Crippen MR) is 56.0 cm³/mol. The molecule has 0 heterocycles. The van der Waals surface area contributed by atoms with Crippen molar-refractivity contribution in [2.45, 2.75) is 57.6 Å². The fraction of sp³-hybridized carbons (Fsp3) is 1.00. The summed E-state index contributed by atoms with van der Waals surface area (Å²) >= 11 is 0. The topological polar surface area (TPSA) is 21.3 Å². The van der Waals surface area contributed by atoms with Crippen molar-refractivity contribution in [1.29, 1.82) is 0 Å². The highest BCUT2D eigenvalue weighted by Gasteiger charge is 2.25. The molecule has 13 heavy (non-hydrogen) atoms. The molecule has 0 spiro atoms. The van der Waals surface area contributed by atoms with Gasteiger partial charge < -0.3 is 10.1 Å². The summed E-state index contributed by atoms with van der Waals surface area (Å²) in [6.07, 6.45) is 8.29. The standard InChI is InChI=1S/C11H23NO/c1-3-4-5-9-12-10-7-6-8-11(10)13-2/h10-12H,3-9H2,1-2H3. The van der Waals surface area contributed by atoms with Crippen LogP contribution in [0.15, 0.2) is 0 Å². The molecule has 2 atom stereocenters. The van der Waals surface area contributed by atoms with Crippen molar-refractivity contribution in [1.82, 2.24) is 5.32 Å². The number of unbranched alkanes of at least 4 members (excludes halogenated alkanes) is 2. The second-order valence-electron chi connectivity index (χ2n) is 3.97. The molecule has 2 heteroatoms. The van der Waals surface area contributed by atoms with Gasteiger partial charge in [0.15, 0.2) is 0 Å². The lowest BCUT2D eigenvalue weighted by molar-refractivity contribution is 0.0852. The SMILES string of the molecule is CCCCCNC1CCCC1OC. The lowest BCUT2D eigenvalue weighted by Gasteiger charge is -2.19.